The maximum Gasteiger partial charge on any atom is 0.164 e. The fourth-order valence-electron chi connectivity index (χ4n) is 10.2. The molecule has 0 unspecified atom stereocenters. The summed E-state index contributed by atoms with van der Waals surface area (Å²) in [6.45, 7) is 0. The average molecular weight is 868 g/mol. The number of hydrogen-bond acceptors (Lipinski definition) is 5. The van der Waals surface area contributed by atoms with Gasteiger partial charge in [0.05, 0.1) is 0 Å². The Kier molecular flexibility index (Phi) is 8.52. The van der Waals surface area contributed by atoms with Gasteiger partial charge in [-0.2, -0.15) is 0 Å². The van der Waals surface area contributed by atoms with E-state index in [4.69, 9.17) is 23.8 Å². The second-order valence-electron chi connectivity index (χ2n) is 17.5. The summed E-state index contributed by atoms with van der Waals surface area (Å²) in [6, 6.07) is 79.1. The molecular formula is C63H37N3O2. The molecule has 0 saturated carbocycles. The molecular weight excluding hydrogens is 831 g/mol. The summed E-state index contributed by atoms with van der Waals surface area (Å²) in [4.78, 5) is 15.1. The van der Waals surface area contributed by atoms with Crippen molar-refractivity contribution in [1.82, 2.24) is 15.0 Å². The van der Waals surface area contributed by atoms with E-state index in [1.807, 2.05) is 66.7 Å². The van der Waals surface area contributed by atoms with Crippen molar-refractivity contribution in [3.8, 4) is 67.5 Å². The minimum absolute atomic E-state index is 0.567. The first-order valence-electron chi connectivity index (χ1n) is 22.9. The van der Waals surface area contributed by atoms with Crippen molar-refractivity contribution in [3.05, 3.63) is 224 Å². The molecule has 68 heavy (non-hydrogen) atoms. The number of hydrogen-bond donors (Lipinski definition) is 0. The third-order valence-electron chi connectivity index (χ3n) is 13.5. The van der Waals surface area contributed by atoms with Crippen LogP contribution < -0.4 is 0 Å². The molecule has 0 amide bonds. The number of nitrogens with zero attached hydrogens (tertiary/aromatic N) is 3. The van der Waals surface area contributed by atoms with Crippen molar-refractivity contribution in [2.45, 2.75) is 0 Å². The maximum atomic E-state index is 6.55. The molecule has 0 N–H and O–H groups in total. The molecule has 3 aromatic heterocycles. The van der Waals surface area contributed by atoms with Crippen molar-refractivity contribution >= 4 is 76.2 Å². The zero-order chi connectivity index (χ0) is 44.7. The predicted octanol–water partition coefficient (Wildman–Crippen LogP) is 17.1. The molecule has 0 aliphatic rings. The molecule has 0 bridgehead atoms. The summed E-state index contributed by atoms with van der Waals surface area (Å²) in [5, 5.41) is 11.8. The zero-order valence-electron chi connectivity index (χ0n) is 36.5. The first kappa shape index (κ1) is 38.1. The number of benzene rings is 11. The first-order valence-corrected chi connectivity index (χ1v) is 22.9. The highest BCUT2D eigenvalue weighted by molar-refractivity contribution is 6.25. The van der Waals surface area contributed by atoms with Gasteiger partial charge in [-0.3, -0.25) is 0 Å². The van der Waals surface area contributed by atoms with Crippen molar-refractivity contribution in [1.29, 1.82) is 0 Å². The zero-order valence-corrected chi connectivity index (χ0v) is 36.5. The van der Waals surface area contributed by atoms with E-state index in [0.29, 0.717) is 17.5 Å². The second-order valence-corrected chi connectivity index (χ2v) is 17.5. The Bertz CT molecular complexity index is 4300. The molecule has 5 nitrogen and oxygen atoms in total. The summed E-state index contributed by atoms with van der Waals surface area (Å²) < 4.78 is 12.7. The summed E-state index contributed by atoms with van der Waals surface area (Å²) in [6.07, 6.45) is 0. The monoisotopic (exact) mass is 867 g/mol. The summed E-state index contributed by atoms with van der Waals surface area (Å²) >= 11 is 0. The molecule has 0 saturated heterocycles. The Hall–Kier alpha value is -9.19. The van der Waals surface area contributed by atoms with Gasteiger partial charge in [0.15, 0.2) is 17.5 Å². The van der Waals surface area contributed by atoms with Gasteiger partial charge in [0.2, 0.25) is 0 Å². The Morgan fingerprint density at radius 2 is 0.544 bits per heavy atom. The Balaban J connectivity index is 0.809. The standard InChI is InChI=1S/C63H37N3O2/c1-2-12-38(13-3-1)61-64-62(45-27-31-58-56(36-45)52-22-8-9-23-57(52)67-58)66-63(65-61)46-25-29-53-55-35-44(26-30-59(55)68-60(53)37-46)42-17-11-15-40(33-42)39-14-10-16-41(32-39)43-24-28-51-49-20-5-4-18-47(49)48-19-6-7-21-50(48)54(51)34-43/h1-37H. The quantitative estimate of drug-likeness (QED) is 0.156. The van der Waals surface area contributed by atoms with Crippen LogP contribution in [0.15, 0.2) is 233 Å². The highest BCUT2D eigenvalue weighted by atomic mass is 16.3. The third-order valence-corrected chi connectivity index (χ3v) is 13.5. The lowest BCUT2D eigenvalue weighted by Crippen LogP contribution is -2.00. The molecule has 0 atom stereocenters. The summed E-state index contributed by atoms with van der Waals surface area (Å²) in [7, 11) is 0. The highest BCUT2D eigenvalue weighted by Crippen LogP contribution is 2.40. The van der Waals surface area contributed by atoms with Crippen LogP contribution in [-0.2, 0) is 0 Å². The van der Waals surface area contributed by atoms with E-state index in [1.54, 1.807) is 0 Å². The smallest absolute Gasteiger partial charge is 0.164 e. The molecule has 316 valence electrons. The summed E-state index contributed by atoms with van der Waals surface area (Å²) in [5.41, 5.74) is 12.9. The fraction of sp³-hybridized carbons (Fsp3) is 0. The van der Waals surface area contributed by atoms with Crippen molar-refractivity contribution in [2.75, 3.05) is 0 Å². The van der Waals surface area contributed by atoms with Gasteiger partial charge >= 0.3 is 0 Å². The van der Waals surface area contributed by atoms with E-state index in [9.17, 15) is 0 Å². The van der Waals surface area contributed by atoms with Gasteiger partial charge in [-0.15, -0.1) is 0 Å². The molecule has 0 fully saturated rings. The van der Waals surface area contributed by atoms with Crippen molar-refractivity contribution in [3.63, 3.8) is 0 Å². The molecule has 0 radical (unpaired) electrons. The highest BCUT2D eigenvalue weighted by Gasteiger charge is 2.18. The van der Waals surface area contributed by atoms with Gasteiger partial charge in [0, 0.05) is 38.2 Å². The van der Waals surface area contributed by atoms with E-state index in [2.05, 4.69) is 158 Å². The number of fused-ring (bicyclic) bond motifs is 12. The Morgan fingerprint density at radius 3 is 1.16 bits per heavy atom. The fourth-order valence-corrected chi connectivity index (χ4v) is 10.2. The van der Waals surface area contributed by atoms with Crippen LogP contribution in [0, 0.1) is 0 Å². The van der Waals surface area contributed by atoms with Gasteiger partial charge < -0.3 is 8.83 Å². The molecule has 0 spiro atoms. The van der Waals surface area contributed by atoms with E-state index in [1.165, 1.54) is 49.0 Å². The average Bonchev–Trinajstić information content (AvgIpc) is 3.98. The van der Waals surface area contributed by atoms with E-state index < -0.39 is 0 Å². The van der Waals surface area contributed by atoms with Crippen LogP contribution in [-0.4, -0.2) is 15.0 Å². The SMILES string of the molecule is c1ccc(-c2nc(-c3ccc4c(c3)oc3ccc(-c5cccc(-c6cccc(-c7ccc8c9ccccc9c9ccccc9c8c7)c6)c5)cc34)nc(-c3ccc4oc5ccccc5c4c3)n2)cc1. The lowest BCUT2D eigenvalue weighted by Gasteiger charge is -2.13. The molecule has 11 aromatic carbocycles. The third kappa shape index (κ3) is 6.28. The van der Waals surface area contributed by atoms with Gasteiger partial charge in [-0.05, 0) is 132 Å². The first-order chi connectivity index (χ1) is 33.6. The minimum atomic E-state index is 0.567. The van der Waals surface area contributed by atoms with Crippen LogP contribution in [0.1, 0.15) is 0 Å². The van der Waals surface area contributed by atoms with Gasteiger partial charge in [-0.25, -0.2) is 15.0 Å². The van der Waals surface area contributed by atoms with Crippen molar-refractivity contribution < 1.29 is 8.83 Å². The topological polar surface area (TPSA) is 65.0 Å². The molecule has 5 heteroatoms. The number of para-hydroxylation sites is 1. The van der Waals surface area contributed by atoms with Crippen LogP contribution in [0.25, 0.3) is 144 Å². The Morgan fingerprint density at radius 1 is 0.191 bits per heavy atom. The normalized spacial score (nSPS) is 11.8. The maximum absolute atomic E-state index is 6.55. The predicted molar refractivity (Wildman–Crippen MR) is 280 cm³/mol. The molecule has 0 aliphatic heterocycles. The molecule has 14 rings (SSSR count). The number of rotatable bonds is 6. The van der Waals surface area contributed by atoms with Crippen LogP contribution >= 0.6 is 0 Å². The van der Waals surface area contributed by atoms with Gasteiger partial charge in [0.25, 0.3) is 0 Å². The summed E-state index contributed by atoms with van der Waals surface area (Å²) in [5.74, 6) is 1.75. The van der Waals surface area contributed by atoms with E-state index in [0.717, 1.165) is 77.3 Å². The van der Waals surface area contributed by atoms with Gasteiger partial charge in [-0.1, -0.05) is 158 Å². The lowest BCUT2D eigenvalue weighted by atomic mass is 9.91. The van der Waals surface area contributed by atoms with E-state index >= 15 is 0 Å². The number of furan rings is 2. The van der Waals surface area contributed by atoms with Crippen LogP contribution in [0.5, 0.6) is 0 Å². The molecule has 0 aliphatic carbocycles. The van der Waals surface area contributed by atoms with Crippen molar-refractivity contribution in [2.24, 2.45) is 0 Å². The number of aromatic nitrogens is 3. The molecule has 3 heterocycles. The molecule has 14 aromatic rings. The van der Waals surface area contributed by atoms with Crippen LogP contribution in [0.2, 0.25) is 0 Å². The van der Waals surface area contributed by atoms with Gasteiger partial charge in [0.1, 0.15) is 22.3 Å². The van der Waals surface area contributed by atoms with Crippen LogP contribution in [0.3, 0.4) is 0 Å². The largest absolute Gasteiger partial charge is 0.456 e. The minimum Gasteiger partial charge on any atom is -0.456 e. The second kappa shape index (κ2) is 15.2. The lowest BCUT2D eigenvalue weighted by molar-refractivity contribution is 0.668. The van der Waals surface area contributed by atoms with Crippen LogP contribution in [0.4, 0.5) is 0 Å². The Labute approximate surface area is 390 Å². The van der Waals surface area contributed by atoms with E-state index in [-0.39, 0.29) is 0 Å².